The van der Waals surface area contributed by atoms with Crippen molar-refractivity contribution in [1.29, 1.82) is 0 Å². The molecule has 2 atom stereocenters. The van der Waals surface area contributed by atoms with E-state index in [0.29, 0.717) is 18.8 Å². The number of nitrogens with zero attached hydrogens (tertiary/aromatic N) is 3. The van der Waals surface area contributed by atoms with Crippen molar-refractivity contribution in [3.05, 3.63) is 52.6 Å². The number of carbonyl (C=O) groups is 1. The molecule has 2 aromatic rings. The summed E-state index contributed by atoms with van der Waals surface area (Å²) in [7, 11) is 0. The quantitative estimate of drug-likeness (QED) is 0.902. The Kier molecular flexibility index (Phi) is 4.36. The number of ether oxygens (including phenoxy) is 1. The van der Waals surface area contributed by atoms with Gasteiger partial charge in [0.1, 0.15) is 0 Å². The molecule has 1 amide bonds. The van der Waals surface area contributed by atoms with E-state index in [4.69, 9.17) is 4.74 Å². The molecule has 0 spiro atoms. The first-order chi connectivity index (χ1) is 12.5. The second kappa shape index (κ2) is 6.68. The van der Waals surface area contributed by atoms with Gasteiger partial charge in [-0.1, -0.05) is 12.1 Å². The molecule has 2 aromatic heterocycles. The summed E-state index contributed by atoms with van der Waals surface area (Å²) in [6.07, 6.45) is 5.64. The van der Waals surface area contributed by atoms with E-state index in [9.17, 15) is 4.79 Å². The van der Waals surface area contributed by atoms with Gasteiger partial charge in [-0.25, -0.2) is 0 Å². The van der Waals surface area contributed by atoms with E-state index in [1.807, 2.05) is 37.9 Å². The standard InChI is InChI=1S/C20H24N4O2/c1-12-4-5-16(11-21-12)15-6-8-24(9-7-15)20(25)19-17-10-13(2)26-14(3)18(17)22-23-19/h4-6,11,13-14H,7-10H2,1-3H3,(H,22,23)/t13-,14+/m1/s1. The summed E-state index contributed by atoms with van der Waals surface area (Å²) in [6, 6.07) is 4.12. The van der Waals surface area contributed by atoms with Gasteiger partial charge in [0.15, 0.2) is 5.69 Å². The van der Waals surface area contributed by atoms with Gasteiger partial charge in [0, 0.05) is 37.0 Å². The molecule has 0 aromatic carbocycles. The van der Waals surface area contributed by atoms with Crippen LogP contribution < -0.4 is 0 Å². The van der Waals surface area contributed by atoms with Crippen molar-refractivity contribution < 1.29 is 9.53 Å². The van der Waals surface area contributed by atoms with E-state index in [1.165, 1.54) is 5.57 Å². The largest absolute Gasteiger partial charge is 0.369 e. The first-order valence-corrected chi connectivity index (χ1v) is 9.17. The van der Waals surface area contributed by atoms with Gasteiger partial charge in [-0.05, 0) is 44.4 Å². The molecule has 2 aliphatic rings. The van der Waals surface area contributed by atoms with Crippen molar-refractivity contribution in [3.8, 4) is 0 Å². The lowest BCUT2D eigenvalue weighted by atomic mass is 9.98. The number of aromatic nitrogens is 3. The van der Waals surface area contributed by atoms with Crippen molar-refractivity contribution in [2.24, 2.45) is 0 Å². The van der Waals surface area contributed by atoms with Crippen LogP contribution in [0.4, 0.5) is 0 Å². The molecule has 0 fully saturated rings. The molecule has 26 heavy (non-hydrogen) atoms. The monoisotopic (exact) mass is 352 g/mol. The smallest absolute Gasteiger partial charge is 0.274 e. The summed E-state index contributed by atoms with van der Waals surface area (Å²) in [6.45, 7) is 7.31. The number of amides is 1. The van der Waals surface area contributed by atoms with Gasteiger partial charge in [0.05, 0.1) is 17.9 Å². The van der Waals surface area contributed by atoms with Gasteiger partial charge in [-0.3, -0.25) is 14.9 Å². The molecule has 6 nitrogen and oxygen atoms in total. The van der Waals surface area contributed by atoms with Gasteiger partial charge in [0.2, 0.25) is 0 Å². The minimum atomic E-state index is -0.0512. The Morgan fingerprint density at radius 1 is 1.35 bits per heavy atom. The second-order valence-corrected chi connectivity index (χ2v) is 7.18. The van der Waals surface area contributed by atoms with Crippen LogP contribution in [0.5, 0.6) is 0 Å². The zero-order valence-corrected chi connectivity index (χ0v) is 15.5. The highest BCUT2D eigenvalue weighted by Crippen LogP contribution is 2.31. The topological polar surface area (TPSA) is 71.1 Å². The fourth-order valence-corrected chi connectivity index (χ4v) is 3.77. The maximum absolute atomic E-state index is 13.0. The first-order valence-electron chi connectivity index (χ1n) is 9.17. The summed E-state index contributed by atoms with van der Waals surface area (Å²) in [5.74, 6) is 0.00105. The van der Waals surface area contributed by atoms with Crippen LogP contribution in [0.2, 0.25) is 0 Å². The number of aromatic amines is 1. The summed E-state index contributed by atoms with van der Waals surface area (Å²) in [4.78, 5) is 19.2. The highest BCUT2D eigenvalue weighted by Gasteiger charge is 2.31. The van der Waals surface area contributed by atoms with Crippen LogP contribution in [0, 0.1) is 6.92 Å². The molecule has 4 heterocycles. The Morgan fingerprint density at radius 3 is 2.88 bits per heavy atom. The second-order valence-electron chi connectivity index (χ2n) is 7.18. The average molecular weight is 352 g/mol. The zero-order chi connectivity index (χ0) is 18.3. The Hall–Kier alpha value is -2.47. The number of hydrogen-bond acceptors (Lipinski definition) is 4. The number of carbonyl (C=O) groups excluding carboxylic acids is 1. The molecule has 0 radical (unpaired) electrons. The number of hydrogen-bond donors (Lipinski definition) is 1. The third-order valence-electron chi connectivity index (χ3n) is 5.21. The number of H-pyrrole nitrogens is 1. The Morgan fingerprint density at radius 2 is 2.19 bits per heavy atom. The molecular formula is C20H24N4O2. The molecule has 0 bridgehead atoms. The van der Waals surface area contributed by atoms with Gasteiger partial charge >= 0.3 is 0 Å². The maximum atomic E-state index is 13.0. The average Bonchev–Trinajstić information content (AvgIpc) is 3.06. The highest BCUT2D eigenvalue weighted by atomic mass is 16.5. The normalized spacial score (nSPS) is 22.7. The van der Waals surface area contributed by atoms with Crippen LogP contribution in [-0.2, 0) is 11.2 Å². The Bertz CT molecular complexity index is 853. The molecule has 0 saturated carbocycles. The highest BCUT2D eigenvalue weighted by molar-refractivity contribution is 5.94. The first kappa shape index (κ1) is 17.0. The van der Waals surface area contributed by atoms with Crippen molar-refractivity contribution in [2.75, 3.05) is 13.1 Å². The number of rotatable bonds is 2. The van der Waals surface area contributed by atoms with Crippen LogP contribution in [0.25, 0.3) is 5.57 Å². The van der Waals surface area contributed by atoms with E-state index >= 15 is 0 Å². The number of nitrogens with one attached hydrogen (secondary N) is 1. The molecule has 0 unspecified atom stereocenters. The van der Waals surface area contributed by atoms with Gasteiger partial charge in [0.25, 0.3) is 5.91 Å². The van der Waals surface area contributed by atoms with Crippen molar-refractivity contribution in [3.63, 3.8) is 0 Å². The summed E-state index contributed by atoms with van der Waals surface area (Å²) in [5.41, 5.74) is 5.90. The molecule has 0 aliphatic carbocycles. The van der Waals surface area contributed by atoms with Crippen LogP contribution in [0.1, 0.15) is 59.4 Å². The zero-order valence-electron chi connectivity index (χ0n) is 15.5. The predicted molar refractivity (Wildman–Crippen MR) is 98.7 cm³/mol. The molecule has 0 saturated heterocycles. The molecule has 1 N–H and O–H groups in total. The molecule has 2 aliphatic heterocycles. The van der Waals surface area contributed by atoms with Crippen molar-refractivity contribution >= 4 is 11.5 Å². The lowest BCUT2D eigenvalue weighted by Gasteiger charge is -2.28. The number of fused-ring (bicyclic) bond motifs is 1. The molecular weight excluding hydrogens is 328 g/mol. The van der Waals surface area contributed by atoms with E-state index in [0.717, 1.165) is 35.4 Å². The van der Waals surface area contributed by atoms with Crippen LogP contribution >= 0.6 is 0 Å². The van der Waals surface area contributed by atoms with Crippen LogP contribution in [0.3, 0.4) is 0 Å². The minimum Gasteiger partial charge on any atom is -0.369 e. The van der Waals surface area contributed by atoms with E-state index in [2.05, 4.69) is 27.3 Å². The summed E-state index contributed by atoms with van der Waals surface area (Å²) in [5, 5.41) is 7.33. The van der Waals surface area contributed by atoms with Gasteiger partial charge < -0.3 is 9.64 Å². The van der Waals surface area contributed by atoms with Crippen molar-refractivity contribution in [1.82, 2.24) is 20.1 Å². The Balaban J connectivity index is 1.52. The third-order valence-corrected chi connectivity index (χ3v) is 5.21. The SMILES string of the molecule is Cc1ccc(C2=CCN(C(=O)c3n[nH]c4c3C[C@@H](C)O[C@H]4C)CC2)cn1. The third kappa shape index (κ3) is 3.05. The fourth-order valence-electron chi connectivity index (χ4n) is 3.77. The van der Waals surface area contributed by atoms with Crippen LogP contribution in [0.15, 0.2) is 24.4 Å². The van der Waals surface area contributed by atoms with Crippen LogP contribution in [-0.4, -0.2) is 45.2 Å². The summed E-state index contributed by atoms with van der Waals surface area (Å²) >= 11 is 0. The lowest BCUT2D eigenvalue weighted by molar-refractivity contribution is -0.00701. The van der Waals surface area contributed by atoms with E-state index in [-0.39, 0.29) is 18.1 Å². The van der Waals surface area contributed by atoms with E-state index < -0.39 is 0 Å². The van der Waals surface area contributed by atoms with Crippen molar-refractivity contribution in [2.45, 2.75) is 45.8 Å². The minimum absolute atomic E-state index is 0.00105. The number of pyridine rings is 1. The summed E-state index contributed by atoms with van der Waals surface area (Å²) < 4.78 is 5.81. The van der Waals surface area contributed by atoms with E-state index in [1.54, 1.807) is 0 Å². The van der Waals surface area contributed by atoms with Gasteiger partial charge in [-0.2, -0.15) is 5.10 Å². The Labute approximate surface area is 153 Å². The molecule has 4 rings (SSSR count). The maximum Gasteiger partial charge on any atom is 0.274 e. The fraction of sp³-hybridized carbons (Fsp3) is 0.450. The lowest BCUT2D eigenvalue weighted by Crippen LogP contribution is -2.36. The predicted octanol–water partition coefficient (Wildman–Crippen LogP) is 3.06. The molecule has 6 heteroatoms. The molecule has 136 valence electrons. The number of aryl methyl sites for hydroxylation is 1. The van der Waals surface area contributed by atoms with Gasteiger partial charge in [-0.15, -0.1) is 0 Å².